The van der Waals surface area contributed by atoms with E-state index in [-0.39, 0.29) is 16.5 Å². The Hall–Kier alpha value is -2.69. The molecule has 0 bridgehead atoms. The monoisotopic (exact) mass is 296 g/mol. The third-order valence-corrected chi connectivity index (χ3v) is 4.03. The molecule has 0 atom stereocenters. The lowest BCUT2D eigenvalue weighted by Gasteiger charge is -2.07. The quantitative estimate of drug-likeness (QED) is 0.414. The number of carbonyl (C=O) groups excluding carboxylic acids is 1. The van der Waals surface area contributed by atoms with Crippen LogP contribution in [0.5, 0.6) is 0 Å². The molecule has 0 amide bonds. The highest BCUT2D eigenvalue weighted by Gasteiger charge is 2.21. The molecule has 0 N–H and O–H groups in total. The van der Waals surface area contributed by atoms with Crippen LogP contribution in [0.1, 0.15) is 30.9 Å². The van der Waals surface area contributed by atoms with Gasteiger partial charge in [-0.15, -0.1) is 0 Å². The Morgan fingerprint density at radius 3 is 2.41 bits per heavy atom. The smallest absolute Gasteiger partial charge is 0.274 e. The van der Waals surface area contributed by atoms with E-state index in [4.69, 9.17) is 0 Å². The lowest BCUT2D eigenvalue weighted by atomic mass is 9.98. The zero-order valence-electron chi connectivity index (χ0n) is 12.7. The molecule has 0 unspecified atom stereocenters. The zero-order valence-corrected chi connectivity index (χ0v) is 12.7. The van der Waals surface area contributed by atoms with Crippen LogP contribution in [-0.4, -0.2) is 15.9 Å². The van der Waals surface area contributed by atoms with Crippen LogP contribution in [0.2, 0.25) is 0 Å². The summed E-state index contributed by atoms with van der Waals surface area (Å²) in [6, 6.07) is 9.21. The molecule has 22 heavy (non-hydrogen) atoms. The Morgan fingerprint density at radius 1 is 1.14 bits per heavy atom. The molecule has 0 fully saturated rings. The predicted octanol–water partition coefficient (Wildman–Crippen LogP) is 4.17. The van der Waals surface area contributed by atoms with E-state index in [1.807, 2.05) is 45.0 Å². The van der Waals surface area contributed by atoms with Crippen LogP contribution < -0.4 is 0 Å². The Morgan fingerprint density at radius 2 is 1.82 bits per heavy atom. The van der Waals surface area contributed by atoms with E-state index >= 15 is 0 Å². The van der Waals surface area contributed by atoms with Crippen LogP contribution in [0.3, 0.4) is 0 Å². The van der Waals surface area contributed by atoms with E-state index in [0.717, 1.165) is 21.9 Å². The average molecular weight is 296 g/mol. The van der Waals surface area contributed by atoms with Crippen molar-refractivity contribution in [3.63, 3.8) is 0 Å². The van der Waals surface area contributed by atoms with Crippen LogP contribution in [-0.2, 0) is 4.79 Å². The van der Waals surface area contributed by atoms with Gasteiger partial charge in [0, 0.05) is 22.4 Å². The lowest BCUT2D eigenvalue weighted by Crippen LogP contribution is -1.99. The Balaban J connectivity index is 2.53. The summed E-state index contributed by atoms with van der Waals surface area (Å²) in [6.45, 7) is 5.81. The highest BCUT2D eigenvalue weighted by atomic mass is 16.6. The number of nitrogens with zero attached hydrogens (tertiary/aromatic N) is 2. The number of fused-ring (bicyclic) bond motifs is 3. The second-order valence-electron chi connectivity index (χ2n) is 5.84. The number of nitro groups is 1. The van der Waals surface area contributed by atoms with Crippen molar-refractivity contribution < 1.29 is 9.72 Å². The topological polar surface area (TPSA) is 65.1 Å². The van der Waals surface area contributed by atoms with Crippen LogP contribution in [0.25, 0.3) is 21.8 Å². The molecule has 2 aromatic carbocycles. The maximum Gasteiger partial charge on any atom is 0.274 e. The standard InChI is InChI=1S/C17H16N2O3/c1-10(2)13-7-14-12-5-4-11(3)6-15(12)18(9-20)16(14)8-17(13)19(21)22/h4-10H,1-3H3. The first-order valence-electron chi connectivity index (χ1n) is 7.12. The maximum absolute atomic E-state index is 11.5. The summed E-state index contributed by atoms with van der Waals surface area (Å²) < 4.78 is 1.48. The Labute approximate surface area is 127 Å². The van der Waals surface area contributed by atoms with Crippen molar-refractivity contribution in [3.05, 3.63) is 51.6 Å². The molecule has 3 rings (SSSR count). The van der Waals surface area contributed by atoms with E-state index in [1.165, 1.54) is 10.6 Å². The normalized spacial score (nSPS) is 11.5. The van der Waals surface area contributed by atoms with Gasteiger partial charge in [-0.3, -0.25) is 19.5 Å². The molecule has 3 aromatic rings. The molecule has 112 valence electrons. The summed E-state index contributed by atoms with van der Waals surface area (Å²) in [5, 5.41) is 13.2. The molecule has 0 saturated heterocycles. The van der Waals surface area contributed by atoms with Crippen LogP contribution in [0.15, 0.2) is 30.3 Å². The second kappa shape index (κ2) is 4.94. The van der Waals surface area contributed by atoms with Gasteiger partial charge in [0.15, 0.2) is 0 Å². The summed E-state index contributed by atoms with van der Waals surface area (Å²) in [7, 11) is 0. The van der Waals surface area contributed by atoms with Gasteiger partial charge in [-0.05, 0) is 30.5 Å². The molecule has 0 aliphatic heterocycles. The van der Waals surface area contributed by atoms with E-state index < -0.39 is 0 Å². The van der Waals surface area contributed by atoms with Crippen molar-refractivity contribution in [1.82, 2.24) is 4.57 Å². The Kier molecular flexibility index (Phi) is 3.20. The number of aryl methyl sites for hydroxylation is 1. The number of nitro benzene ring substituents is 1. The molecule has 1 aromatic heterocycles. The van der Waals surface area contributed by atoms with E-state index in [0.29, 0.717) is 17.5 Å². The molecule has 5 heteroatoms. The fourth-order valence-electron chi connectivity index (χ4n) is 2.94. The van der Waals surface area contributed by atoms with E-state index in [2.05, 4.69) is 0 Å². The summed E-state index contributed by atoms with van der Waals surface area (Å²) in [5.41, 5.74) is 3.14. The number of benzene rings is 2. The van der Waals surface area contributed by atoms with Gasteiger partial charge in [-0.25, -0.2) is 0 Å². The van der Waals surface area contributed by atoms with Crippen LogP contribution in [0.4, 0.5) is 5.69 Å². The minimum Gasteiger partial charge on any atom is -0.282 e. The number of hydrogen-bond donors (Lipinski definition) is 0. The van der Waals surface area contributed by atoms with Crippen molar-refractivity contribution in [2.75, 3.05) is 0 Å². The molecule has 0 aliphatic carbocycles. The zero-order chi connectivity index (χ0) is 16.0. The highest BCUT2D eigenvalue weighted by Crippen LogP contribution is 2.36. The molecule has 0 spiro atoms. The number of carbonyl (C=O) groups is 1. The largest absolute Gasteiger partial charge is 0.282 e. The fraction of sp³-hybridized carbons (Fsp3) is 0.235. The van der Waals surface area contributed by atoms with E-state index in [9.17, 15) is 14.9 Å². The Bertz CT molecular complexity index is 923. The van der Waals surface area contributed by atoms with Crippen molar-refractivity contribution in [3.8, 4) is 0 Å². The van der Waals surface area contributed by atoms with Crippen molar-refractivity contribution in [1.29, 1.82) is 0 Å². The van der Waals surface area contributed by atoms with Gasteiger partial charge in [0.05, 0.1) is 16.0 Å². The van der Waals surface area contributed by atoms with Gasteiger partial charge in [0.1, 0.15) is 0 Å². The lowest BCUT2D eigenvalue weighted by molar-refractivity contribution is -0.385. The molecule has 5 nitrogen and oxygen atoms in total. The fourth-order valence-corrected chi connectivity index (χ4v) is 2.94. The molecular formula is C17H16N2O3. The molecular weight excluding hydrogens is 280 g/mol. The van der Waals surface area contributed by atoms with Crippen molar-refractivity contribution in [2.45, 2.75) is 26.7 Å². The van der Waals surface area contributed by atoms with Gasteiger partial charge in [0.25, 0.3) is 5.69 Å². The first-order valence-corrected chi connectivity index (χ1v) is 7.12. The van der Waals surface area contributed by atoms with Gasteiger partial charge in [0.2, 0.25) is 6.41 Å². The maximum atomic E-state index is 11.5. The molecule has 1 heterocycles. The predicted molar refractivity (Wildman–Crippen MR) is 87.1 cm³/mol. The first-order chi connectivity index (χ1) is 10.4. The van der Waals surface area contributed by atoms with Crippen LogP contribution >= 0.6 is 0 Å². The minimum atomic E-state index is -0.382. The average Bonchev–Trinajstić information content (AvgIpc) is 2.77. The summed E-state index contributed by atoms with van der Waals surface area (Å²) in [5.74, 6) is 0.0323. The van der Waals surface area contributed by atoms with Crippen molar-refractivity contribution in [2.24, 2.45) is 0 Å². The number of hydrogen-bond acceptors (Lipinski definition) is 3. The molecule has 0 aliphatic rings. The minimum absolute atomic E-state index is 0.0323. The van der Waals surface area contributed by atoms with Crippen LogP contribution in [0, 0.1) is 17.0 Å². The number of aromatic nitrogens is 1. The SMILES string of the molecule is Cc1ccc2c3cc(C(C)C)c([N+](=O)[O-])cc3n(C=O)c2c1. The third-order valence-electron chi connectivity index (χ3n) is 4.03. The summed E-state index contributed by atoms with van der Waals surface area (Å²) in [4.78, 5) is 22.5. The summed E-state index contributed by atoms with van der Waals surface area (Å²) >= 11 is 0. The van der Waals surface area contributed by atoms with Gasteiger partial charge >= 0.3 is 0 Å². The molecule has 0 radical (unpaired) electrons. The van der Waals surface area contributed by atoms with Crippen molar-refractivity contribution >= 4 is 33.9 Å². The van der Waals surface area contributed by atoms with E-state index in [1.54, 1.807) is 0 Å². The van der Waals surface area contributed by atoms with Gasteiger partial charge in [-0.1, -0.05) is 26.0 Å². The van der Waals surface area contributed by atoms with Gasteiger partial charge < -0.3 is 0 Å². The third kappa shape index (κ3) is 1.97. The number of rotatable bonds is 3. The molecule has 0 saturated carbocycles. The second-order valence-corrected chi connectivity index (χ2v) is 5.84. The summed E-state index contributed by atoms with van der Waals surface area (Å²) in [6.07, 6.45) is 0.711. The highest BCUT2D eigenvalue weighted by molar-refractivity contribution is 6.12. The first kappa shape index (κ1) is 14.3. The van der Waals surface area contributed by atoms with Gasteiger partial charge in [-0.2, -0.15) is 0 Å².